The smallest absolute Gasteiger partial charge is 0.251 e. The van der Waals surface area contributed by atoms with E-state index >= 15 is 0 Å². The van der Waals surface area contributed by atoms with Crippen LogP contribution in [-0.4, -0.2) is 32.3 Å². The highest BCUT2D eigenvalue weighted by Gasteiger charge is 2.11. The van der Waals surface area contributed by atoms with Gasteiger partial charge in [-0.15, -0.1) is 0 Å². The minimum absolute atomic E-state index is 0.167. The van der Waals surface area contributed by atoms with Gasteiger partial charge < -0.3 is 19.5 Å². The average molecular weight is 343 g/mol. The molecule has 2 aromatic rings. The summed E-state index contributed by atoms with van der Waals surface area (Å²) < 4.78 is 16.8. The van der Waals surface area contributed by atoms with Gasteiger partial charge in [0.25, 0.3) is 5.91 Å². The lowest BCUT2D eigenvalue weighted by Crippen LogP contribution is -2.28. The molecule has 0 saturated heterocycles. The van der Waals surface area contributed by atoms with Crippen molar-refractivity contribution in [3.63, 3.8) is 0 Å². The van der Waals surface area contributed by atoms with Crippen LogP contribution in [0.15, 0.2) is 48.5 Å². The molecule has 25 heavy (non-hydrogen) atoms. The number of para-hydroxylation sites is 1. The molecule has 0 saturated carbocycles. The summed E-state index contributed by atoms with van der Waals surface area (Å²) in [7, 11) is 0. The van der Waals surface area contributed by atoms with E-state index in [1.54, 1.807) is 18.2 Å². The third-order valence-electron chi connectivity index (χ3n) is 3.37. The SMILES string of the molecule is CCCOc1ccc(C(=O)NCCOc2ccccc2)cc1OCC. The molecule has 0 unspecified atom stereocenters. The van der Waals surface area contributed by atoms with Gasteiger partial charge in [-0.2, -0.15) is 0 Å². The van der Waals surface area contributed by atoms with Gasteiger partial charge in [-0.05, 0) is 43.7 Å². The van der Waals surface area contributed by atoms with Crippen molar-refractivity contribution in [2.45, 2.75) is 20.3 Å². The Hall–Kier alpha value is -2.69. The predicted octanol–water partition coefficient (Wildman–Crippen LogP) is 3.68. The molecule has 0 aromatic heterocycles. The minimum Gasteiger partial charge on any atom is -0.492 e. The summed E-state index contributed by atoms with van der Waals surface area (Å²) in [5, 5.41) is 2.84. The maximum Gasteiger partial charge on any atom is 0.251 e. The first-order valence-corrected chi connectivity index (χ1v) is 8.60. The topological polar surface area (TPSA) is 56.8 Å². The normalized spacial score (nSPS) is 10.2. The minimum atomic E-state index is -0.167. The first-order valence-electron chi connectivity index (χ1n) is 8.60. The molecule has 0 fully saturated rings. The van der Waals surface area contributed by atoms with Crippen LogP contribution in [0.1, 0.15) is 30.6 Å². The molecule has 0 aliphatic carbocycles. The third kappa shape index (κ3) is 6.03. The maximum absolute atomic E-state index is 12.3. The average Bonchev–Trinajstić information content (AvgIpc) is 2.65. The van der Waals surface area contributed by atoms with E-state index in [0.29, 0.717) is 43.4 Å². The first-order chi connectivity index (χ1) is 12.2. The molecule has 0 aliphatic rings. The molecule has 5 heteroatoms. The molecule has 0 heterocycles. The van der Waals surface area contributed by atoms with Crippen molar-refractivity contribution in [3.05, 3.63) is 54.1 Å². The molecule has 2 rings (SSSR count). The molecule has 0 atom stereocenters. The zero-order valence-corrected chi connectivity index (χ0v) is 14.8. The van der Waals surface area contributed by atoms with Gasteiger partial charge in [-0.25, -0.2) is 0 Å². The highest BCUT2D eigenvalue weighted by Crippen LogP contribution is 2.28. The third-order valence-corrected chi connectivity index (χ3v) is 3.37. The number of hydrogen-bond acceptors (Lipinski definition) is 4. The van der Waals surface area contributed by atoms with Crippen molar-refractivity contribution >= 4 is 5.91 Å². The monoisotopic (exact) mass is 343 g/mol. The van der Waals surface area contributed by atoms with Crippen molar-refractivity contribution in [2.24, 2.45) is 0 Å². The zero-order valence-electron chi connectivity index (χ0n) is 14.8. The Morgan fingerprint density at radius 2 is 1.72 bits per heavy atom. The van der Waals surface area contributed by atoms with Crippen LogP contribution in [0.25, 0.3) is 0 Å². The Balaban J connectivity index is 1.88. The van der Waals surface area contributed by atoms with Crippen molar-refractivity contribution in [3.8, 4) is 17.2 Å². The van der Waals surface area contributed by atoms with Crippen molar-refractivity contribution in [1.82, 2.24) is 5.32 Å². The number of nitrogens with one attached hydrogen (secondary N) is 1. The molecular weight excluding hydrogens is 318 g/mol. The highest BCUT2D eigenvalue weighted by molar-refractivity contribution is 5.94. The number of benzene rings is 2. The van der Waals surface area contributed by atoms with E-state index in [-0.39, 0.29) is 5.91 Å². The number of carbonyl (C=O) groups excluding carboxylic acids is 1. The molecule has 1 amide bonds. The summed E-state index contributed by atoms with van der Waals surface area (Å²) in [6, 6.07) is 14.7. The van der Waals surface area contributed by atoms with Crippen LogP contribution in [0.2, 0.25) is 0 Å². The van der Waals surface area contributed by atoms with Crippen LogP contribution in [0.4, 0.5) is 0 Å². The lowest BCUT2D eigenvalue weighted by molar-refractivity contribution is 0.0946. The summed E-state index contributed by atoms with van der Waals surface area (Å²) in [5.41, 5.74) is 0.534. The number of ether oxygens (including phenoxy) is 3. The zero-order chi connectivity index (χ0) is 17.9. The van der Waals surface area contributed by atoms with Gasteiger partial charge in [0.05, 0.1) is 19.8 Å². The van der Waals surface area contributed by atoms with Gasteiger partial charge in [0.2, 0.25) is 0 Å². The Morgan fingerprint density at radius 3 is 2.44 bits per heavy atom. The van der Waals surface area contributed by atoms with Crippen molar-refractivity contribution in [2.75, 3.05) is 26.4 Å². The highest BCUT2D eigenvalue weighted by atomic mass is 16.5. The van der Waals surface area contributed by atoms with Crippen molar-refractivity contribution < 1.29 is 19.0 Å². The summed E-state index contributed by atoms with van der Waals surface area (Å²) in [6.07, 6.45) is 0.912. The van der Waals surface area contributed by atoms with Gasteiger partial charge in [0, 0.05) is 5.56 Å². The van der Waals surface area contributed by atoms with E-state index in [9.17, 15) is 4.79 Å². The Kier molecular flexibility index (Phi) is 7.63. The van der Waals surface area contributed by atoms with E-state index in [1.807, 2.05) is 44.2 Å². The van der Waals surface area contributed by atoms with E-state index in [1.165, 1.54) is 0 Å². The number of amides is 1. The van der Waals surface area contributed by atoms with E-state index in [4.69, 9.17) is 14.2 Å². The van der Waals surface area contributed by atoms with Gasteiger partial charge in [-0.1, -0.05) is 25.1 Å². The van der Waals surface area contributed by atoms with Crippen LogP contribution in [0.5, 0.6) is 17.2 Å². The van der Waals surface area contributed by atoms with Crippen LogP contribution in [0, 0.1) is 0 Å². The summed E-state index contributed by atoms with van der Waals surface area (Å²) in [6.45, 7) is 5.90. The van der Waals surface area contributed by atoms with Crippen molar-refractivity contribution in [1.29, 1.82) is 0 Å². The summed E-state index contributed by atoms with van der Waals surface area (Å²) in [4.78, 5) is 12.3. The molecular formula is C20H25NO4. The molecule has 0 bridgehead atoms. The van der Waals surface area contributed by atoms with Crippen LogP contribution in [0.3, 0.4) is 0 Å². The standard InChI is InChI=1S/C20H25NO4/c1-3-13-25-18-11-10-16(15-19(18)23-4-2)20(22)21-12-14-24-17-8-6-5-7-9-17/h5-11,15H,3-4,12-14H2,1-2H3,(H,21,22). The van der Waals surface area contributed by atoms with Gasteiger partial charge in [-0.3, -0.25) is 4.79 Å². The Labute approximate surface area is 148 Å². The van der Waals surface area contributed by atoms with Crippen LogP contribution in [-0.2, 0) is 0 Å². The van der Waals surface area contributed by atoms with Gasteiger partial charge >= 0.3 is 0 Å². The fourth-order valence-corrected chi connectivity index (χ4v) is 2.20. The molecule has 0 radical (unpaired) electrons. The summed E-state index contributed by atoms with van der Waals surface area (Å²) in [5.74, 6) is 1.87. The first kappa shape index (κ1) is 18.6. The lowest BCUT2D eigenvalue weighted by atomic mass is 10.2. The molecule has 2 aromatic carbocycles. The number of hydrogen-bond donors (Lipinski definition) is 1. The second-order valence-corrected chi connectivity index (χ2v) is 5.36. The largest absolute Gasteiger partial charge is 0.492 e. The number of rotatable bonds is 10. The van der Waals surface area contributed by atoms with E-state index < -0.39 is 0 Å². The summed E-state index contributed by atoms with van der Waals surface area (Å²) >= 11 is 0. The van der Waals surface area contributed by atoms with Crippen LogP contribution < -0.4 is 19.5 Å². The molecule has 0 aliphatic heterocycles. The maximum atomic E-state index is 12.3. The Bertz CT molecular complexity index is 658. The molecule has 5 nitrogen and oxygen atoms in total. The second-order valence-electron chi connectivity index (χ2n) is 5.36. The van der Waals surface area contributed by atoms with Gasteiger partial charge in [0.15, 0.2) is 11.5 Å². The quantitative estimate of drug-likeness (QED) is 0.669. The van der Waals surface area contributed by atoms with E-state index in [0.717, 1.165) is 12.2 Å². The number of carbonyl (C=O) groups is 1. The van der Waals surface area contributed by atoms with Crippen LogP contribution >= 0.6 is 0 Å². The lowest BCUT2D eigenvalue weighted by Gasteiger charge is -2.13. The fraction of sp³-hybridized carbons (Fsp3) is 0.350. The van der Waals surface area contributed by atoms with E-state index in [2.05, 4.69) is 5.32 Å². The molecule has 1 N–H and O–H groups in total. The molecule has 0 spiro atoms. The fourth-order valence-electron chi connectivity index (χ4n) is 2.20. The second kappa shape index (κ2) is 10.2. The molecule has 134 valence electrons. The van der Waals surface area contributed by atoms with Gasteiger partial charge in [0.1, 0.15) is 12.4 Å². The Morgan fingerprint density at radius 1 is 0.920 bits per heavy atom. The predicted molar refractivity (Wildman–Crippen MR) is 97.7 cm³/mol.